The SMILES string of the molecule is COC1NC(=O)NC(=O)C1(Cl)Cl. The highest BCUT2D eigenvalue weighted by atomic mass is 35.5. The van der Waals surface area contributed by atoms with Gasteiger partial charge in [0, 0.05) is 7.11 Å². The van der Waals surface area contributed by atoms with Gasteiger partial charge in [0.1, 0.15) is 0 Å². The van der Waals surface area contributed by atoms with Gasteiger partial charge in [0.25, 0.3) is 5.91 Å². The Morgan fingerprint density at radius 3 is 2.58 bits per heavy atom. The lowest BCUT2D eigenvalue weighted by Crippen LogP contribution is -2.64. The number of hydrogen-bond donors (Lipinski definition) is 2. The minimum Gasteiger partial charge on any atom is -0.358 e. The fraction of sp³-hybridized carbons (Fsp3) is 0.600. The molecule has 1 unspecified atom stereocenters. The maximum absolute atomic E-state index is 11.0. The quantitative estimate of drug-likeness (QED) is 0.601. The first-order chi connectivity index (χ1) is 5.48. The molecule has 2 N–H and O–H groups in total. The van der Waals surface area contributed by atoms with E-state index in [2.05, 4.69) is 5.32 Å². The predicted octanol–water partition coefficient (Wildman–Crippen LogP) is -0.0278. The number of halogens is 2. The van der Waals surface area contributed by atoms with Gasteiger partial charge in [0.05, 0.1) is 0 Å². The van der Waals surface area contributed by atoms with Crippen molar-refractivity contribution in [1.82, 2.24) is 10.6 Å². The van der Waals surface area contributed by atoms with Crippen LogP contribution in [0.25, 0.3) is 0 Å². The number of amides is 3. The average Bonchev–Trinajstić information content (AvgIpc) is 1.97. The number of rotatable bonds is 1. The van der Waals surface area contributed by atoms with Gasteiger partial charge in [0.15, 0.2) is 6.23 Å². The van der Waals surface area contributed by atoms with Gasteiger partial charge in [-0.05, 0) is 0 Å². The summed E-state index contributed by atoms with van der Waals surface area (Å²) in [4.78, 5) is 21.7. The summed E-state index contributed by atoms with van der Waals surface area (Å²) in [5.41, 5.74) is 0. The van der Waals surface area contributed by atoms with Crippen LogP contribution in [0.4, 0.5) is 4.79 Å². The van der Waals surface area contributed by atoms with Gasteiger partial charge in [-0.3, -0.25) is 10.1 Å². The molecule has 7 heteroatoms. The molecular weight excluding hydrogens is 207 g/mol. The number of ether oxygens (including phenoxy) is 1. The van der Waals surface area contributed by atoms with E-state index in [4.69, 9.17) is 27.9 Å². The number of carbonyl (C=O) groups is 2. The summed E-state index contributed by atoms with van der Waals surface area (Å²) in [6.07, 6.45) is -1.03. The Morgan fingerprint density at radius 2 is 2.08 bits per heavy atom. The Hall–Kier alpha value is -0.520. The zero-order valence-corrected chi connectivity index (χ0v) is 7.57. The fourth-order valence-electron chi connectivity index (χ4n) is 0.758. The van der Waals surface area contributed by atoms with Gasteiger partial charge < -0.3 is 10.1 Å². The first-order valence-electron chi connectivity index (χ1n) is 3.01. The zero-order chi connectivity index (χ0) is 9.35. The van der Waals surface area contributed by atoms with Crippen molar-refractivity contribution in [3.05, 3.63) is 0 Å². The number of carbonyl (C=O) groups excluding carboxylic acids is 2. The van der Waals surface area contributed by atoms with E-state index >= 15 is 0 Å². The molecule has 12 heavy (non-hydrogen) atoms. The molecule has 0 aliphatic carbocycles. The molecule has 0 bridgehead atoms. The van der Waals surface area contributed by atoms with E-state index in [1.165, 1.54) is 7.11 Å². The van der Waals surface area contributed by atoms with Crippen LogP contribution in [-0.4, -0.2) is 29.6 Å². The maximum atomic E-state index is 11.0. The van der Waals surface area contributed by atoms with E-state index in [1.54, 1.807) is 0 Å². The Labute approximate surface area is 78.3 Å². The van der Waals surface area contributed by atoms with Crippen LogP contribution in [0.2, 0.25) is 0 Å². The van der Waals surface area contributed by atoms with E-state index in [9.17, 15) is 9.59 Å². The first-order valence-corrected chi connectivity index (χ1v) is 3.76. The van der Waals surface area contributed by atoms with Crippen molar-refractivity contribution >= 4 is 35.1 Å². The summed E-state index contributed by atoms with van der Waals surface area (Å²) in [5.74, 6) is -0.790. The molecule has 0 aromatic rings. The normalized spacial score (nSPS) is 27.8. The lowest BCUT2D eigenvalue weighted by Gasteiger charge is -2.31. The summed E-state index contributed by atoms with van der Waals surface area (Å²) in [5, 5.41) is 4.13. The summed E-state index contributed by atoms with van der Waals surface area (Å²) in [7, 11) is 1.28. The Kier molecular flexibility index (Phi) is 2.46. The second kappa shape index (κ2) is 3.08. The van der Waals surface area contributed by atoms with Crippen molar-refractivity contribution in [3.8, 4) is 0 Å². The standard InChI is InChI=1S/C5H6Cl2N2O3/c1-12-3-5(6,7)2(10)8-4(11)9-3/h3H,1H3,(H2,8,9,10,11). The number of urea groups is 1. The molecule has 1 atom stereocenters. The molecule has 1 aliphatic heterocycles. The highest BCUT2D eigenvalue weighted by Gasteiger charge is 2.48. The molecular formula is C5H6Cl2N2O3. The van der Waals surface area contributed by atoms with Crippen molar-refractivity contribution in [1.29, 1.82) is 0 Å². The van der Waals surface area contributed by atoms with Crippen molar-refractivity contribution < 1.29 is 14.3 Å². The summed E-state index contributed by atoms with van der Waals surface area (Å²) >= 11 is 11.1. The van der Waals surface area contributed by atoms with Crippen LogP contribution >= 0.6 is 23.2 Å². The molecule has 68 valence electrons. The number of methoxy groups -OCH3 is 1. The van der Waals surface area contributed by atoms with E-state index in [0.29, 0.717) is 0 Å². The number of hydrogen-bond acceptors (Lipinski definition) is 3. The second-order valence-electron chi connectivity index (χ2n) is 2.17. The van der Waals surface area contributed by atoms with E-state index in [1.807, 2.05) is 5.32 Å². The molecule has 1 rings (SSSR count). The highest BCUT2D eigenvalue weighted by molar-refractivity contribution is 6.59. The largest absolute Gasteiger partial charge is 0.358 e. The molecule has 1 fully saturated rings. The molecule has 1 saturated heterocycles. The predicted molar refractivity (Wildman–Crippen MR) is 41.9 cm³/mol. The molecule has 1 aliphatic rings. The van der Waals surface area contributed by atoms with Gasteiger partial charge in [0.2, 0.25) is 4.33 Å². The molecule has 3 amide bonds. The monoisotopic (exact) mass is 212 g/mol. The summed E-state index contributed by atoms with van der Waals surface area (Å²) in [6, 6.07) is -0.677. The minimum atomic E-state index is -1.78. The van der Waals surface area contributed by atoms with Crippen molar-refractivity contribution in [2.24, 2.45) is 0 Å². The van der Waals surface area contributed by atoms with Gasteiger partial charge in [-0.1, -0.05) is 23.2 Å². The summed E-state index contributed by atoms with van der Waals surface area (Å²) in [6.45, 7) is 0. The van der Waals surface area contributed by atoms with Crippen LogP contribution < -0.4 is 10.6 Å². The third-order valence-electron chi connectivity index (χ3n) is 1.36. The number of alkyl halides is 2. The molecule has 0 radical (unpaired) electrons. The van der Waals surface area contributed by atoms with Crippen LogP contribution in [0.15, 0.2) is 0 Å². The summed E-state index contributed by atoms with van der Waals surface area (Å²) < 4.78 is 2.92. The lowest BCUT2D eigenvalue weighted by atomic mass is 10.3. The Morgan fingerprint density at radius 1 is 1.50 bits per heavy atom. The van der Waals surface area contributed by atoms with Gasteiger partial charge in [-0.25, -0.2) is 4.79 Å². The van der Waals surface area contributed by atoms with Gasteiger partial charge in [-0.15, -0.1) is 0 Å². The molecule has 0 aromatic heterocycles. The van der Waals surface area contributed by atoms with E-state index < -0.39 is 22.5 Å². The van der Waals surface area contributed by atoms with E-state index in [0.717, 1.165) is 0 Å². The van der Waals surface area contributed by atoms with Crippen molar-refractivity contribution in [2.45, 2.75) is 10.6 Å². The van der Waals surface area contributed by atoms with Gasteiger partial charge >= 0.3 is 6.03 Å². The number of imide groups is 1. The van der Waals surface area contributed by atoms with Crippen LogP contribution in [0.1, 0.15) is 0 Å². The first kappa shape index (κ1) is 9.57. The third-order valence-corrected chi connectivity index (χ3v) is 2.10. The van der Waals surface area contributed by atoms with Crippen LogP contribution in [-0.2, 0) is 9.53 Å². The molecule has 1 heterocycles. The Bertz CT molecular complexity index is 231. The van der Waals surface area contributed by atoms with Crippen molar-refractivity contribution in [3.63, 3.8) is 0 Å². The molecule has 0 spiro atoms. The highest BCUT2D eigenvalue weighted by Crippen LogP contribution is 2.28. The molecule has 0 aromatic carbocycles. The topological polar surface area (TPSA) is 67.4 Å². The fourth-order valence-corrected chi connectivity index (χ4v) is 1.14. The minimum absolute atomic E-state index is 0.677. The third kappa shape index (κ3) is 1.48. The molecule has 0 saturated carbocycles. The maximum Gasteiger partial charge on any atom is 0.323 e. The number of nitrogens with one attached hydrogen (secondary N) is 2. The van der Waals surface area contributed by atoms with Crippen LogP contribution in [0.3, 0.4) is 0 Å². The second-order valence-corrected chi connectivity index (χ2v) is 3.55. The van der Waals surface area contributed by atoms with Crippen LogP contribution in [0.5, 0.6) is 0 Å². The van der Waals surface area contributed by atoms with E-state index in [-0.39, 0.29) is 0 Å². The smallest absolute Gasteiger partial charge is 0.323 e. The van der Waals surface area contributed by atoms with Crippen LogP contribution in [0, 0.1) is 0 Å². The average molecular weight is 213 g/mol. The zero-order valence-electron chi connectivity index (χ0n) is 6.06. The van der Waals surface area contributed by atoms with Crippen molar-refractivity contribution in [2.75, 3.05) is 7.11 Å². The van der Waals surface area contributed by atoms with Gasteiger partial charge in [-0.2, -0.15) is 0 Å². The molecule has 5 nitrogen and oxygen atoms in total. The Balaban J connectivity index is 2.85. The lowest BCUT2D eigenvalue weighted by molar-refractivity contribution is -0.125.